The van der Waals surface area contributed by atoms with Gasteiger partial charge in [0.2, 0.25) is 0 Å². The third-order valence-electron chi connectivity index (χ3n) is 5.00. The van der Waals surface area contributed by atoms with Crippen molar-refractivity contribution in [1.29, 1.82) is 0 Å². The first-order valence-corrected chi connectivity index (χ1v) is 14.7. The molecule has 0 rings (SSSR count). The first-order valence-electron chi connectivity index (χ1n) is 8.45. The second-order valence-corrected chi connectivity index (χ2v) is 17.4. The summed E-state index contributed by atoms with van der Waals surface area (Å²) in [6, 6.07) is 1.35. The fraction of sp³-hybridized carbons (Fsp3) is 1.00. The number of rotatable bonds is 10. The molecule has 20 heavy (non-hydrogen) atoms. The van der Waals surface area contributed by atoms with E-state index in [9.17, 15) is 0 Å². The van der Waals surface area contributed by atoms with Crippen LogP contribution in [0.5, 0.6) is 0 Å². The van der Waals surface area contributed by atoms with Gasteiger partial charge < -0.3 is 9.74 Å². The van der Waals surface area contributed by atoms with Crippen molar-refractivity contribution in [1.82, 2.24) is 5.32 Å². The van der Waals surface area contributed by atoms with Crippen LogP contribution in [0, 0.1) is 5.92 Å². The molecule has 4 heteroatoms. The van der Waals surface area contributed by atoms with Gasteiger partial charge in [-0.25, -0.2) is 0 Å². The summed E-state index contributed by atoms with van der Waals surface area (Å²) in [5.41, 5.74) is 1.22. The maximum atomic E-state index is 6.64. The van der Waals surface area contributed by atoms with E-state index in [1.54, 1.807) is 0 Å². The van der Waals surface area contributed by atoms with Gasteiger partial charge in [-0.2, -0.15) is 0 Å². The summed E-state index contributed by atoms with van der Waals surface area (Å²) < 4.78 is 6.64. The van der Waals surface area contributed by atoms with Gasteiger partial charge in [0.15, 0.2) is 8.32 Å². The molecule has 122 valence electrons. The quantitative estimate of drug-likeness (QED) is 0.579. The molecule has 0 aromatic rings. The van der Waals surface area contributed by atoms with Gasteiger partial charge in [0, 0.05) is 5.73 Å². The van der Waals surface area contributed by atoms with Crippen molar-refractivity contribution in [3.05, 3.63) is 0 Å². The van der Waals surface area contributed by atoms with Crippen LogP contribution in [0.15, 0.2) is 0 Å². The van der Waals surface area contributed by atoms with Crippen molar-refractivity contribution in [3.63, 3.8) is 0 Å². The van der Waals surface area contributed by atoms with E-state index in [0.717, 1.165) is 24.5 Å². The van der Waals surface area contributed by atoms with Gasteiger partial charge in [-0.15, -0.1) is 0 Å². The lowest BCUT2D eigenvalue weighted by atomic mass is 10.2. The molecular weight excluding hydrogens is 278 g/mol. The predicted octanol–water partition coefficient (Wildman–Crippen LogP) is 4.89. The molecule has 1 N–H and O–H groups in total. The van der Waals surface area contributed by atoms with E-state index >= 15 is 0 Å². The topological polar surface area (TPSA) is 21.3 Å². The summed E-state index contributed by atoms with van der Waals surface area (Å²) in [4.78, 5) is 0. The molecule has 0 heterocycles. The molecule has 0 aromatic carbocycles. The Morgan fingerprint density at radius 2 is 1.55 bits per heavy atom. The zero-order valence-corrected chi connectivity index (χ0v) is 17.5. The third kappa shape index (κ3) is 6.88. The Balaban J connectivity index is 4.53. The Morgan fingerprint density at radius 3 is 2.00 bits per heavy atom. The van der Waals surface area contributed by atoms with Gasteiger partial charge in [-0.05, 0) is 44.6 Å². The second-order valence-electron chi connectivity index (χ2n) is 7.78. The van der Waals surface area contributed by atoms with Gasteiger partial charge >= 0.3 is 0 Å². The number of hydrogen-bond donors (Lipinski definition) is 1. The lowest BCUT2D eigenvalue weighted by Gasteiger charge is -2.39. The summed E-state index contributed by atoms with van der Waals surface area (Å²) in [7, 11) is -2.85. The van der Waals surface area contributed by atoms with Crippen molar-refractivity contribution in [3.8, 4) is 0 Å². The number of hydrogen-bond acceptors (Lipinski definition) is 2. The summed E-state index contributed by atoms with van der Waals surface area (Å²) in [5, 5.41) is 3.48. The molecule has 0 aliphatic rings. The average Bonchev–Trinajstić information content (AvgIpc) is 2.34. The maximum Gasteiger partial charge on any atom is 0.189 e. The minimum Gasteiger partial charge on any atom is -0.418 e. The third-order valence-corrected chi connectivity index (χ3v) is 13.0. The summed E-state index contributed by atoms with van der Waals surface area (Å²) >= 11 is 0. The molecule has 3 unspecified atom stereocenters. The Morgan fingerprint density at radius 1 is 1.00 bits per heavy atom. The van der Waals surface area contributed by atoms with E-state index in [1.165, 1.54) is 12.5 Å². The van der Waals surface area contributed by atoms with E-state index < -0.39 is 16.4 Å². The van der Waals surface area contributed by atoms with Crippen LogP contribution in [0.2, 0.25) is 37.8 Å². The highest BCUT2D eigenvalue weighted by molar-refractivity contribution is 6.80. The first kappa shape index (κ1) is 20.4. The van der Waals surface area contributed by atoms with Crippen molar-refractivity contribution >= 4 is 16.4 Å². The molecular formula is C16H39NOSi2. The summed E-state index contributed by atoms with van der Waals surface area (Å²) in [6.07, 6.45) is 1.24. The van der Waals surface area contributed by atoms with Crippen LogP contribution in [-0.4, -0.2) is 35.2 Å². The fourth-order valence-electron chi connectivity index (χ4n) is 2.75. The molecule has 0 aliphatic carbocycles. The zero-order valence-electron chi connectivity index (χ0n) is 15.5. The Labute approximate surface area is 130 Å². The van der Waals surface area contributed by atoms with Gasteiger partial charge in [0.25, 0.3) is 0 Å². The van der Waals surface area contributed by atoms with Gasteiger partial charge in [0.1, 0.15) is 0 Å². The molecule has 0 saturated carbocycles. The van der Waals surface area contributed by atoms with Crippen molar-refractivity contribution in [2.75, 3.05) is 13.1 Å². The monoisotopic (exact) mass is 317 g/mol. The number of nitrogens with one attached hydrogen (secondary N) is 1. The van der Waals surface area contributed by atoms with Crippen LogP contribution >= 0.6 is 0 Å². The Bertz CT molecular complexity index is 269. The van der Waals surface area contributed by atoms with Crippen LogP contribution in [0.4, 0.5) is 0 Å². The summed E-state index contributed by atoms with van der Waals surface area (Å²) in [5.74, 6) is 0.760. The molecule has 2 nitrogen and oxygen atoms in total. The minimum absolute atomic E-state index is 0.474. The van der Waals surface area contributed by atoms with E-state index in [-0.39, 0.29) is 0 Å². The van der Waals surface area contributed by atoms with Crippen LogP contribution in [-0.2, 0) is 4.43 Å². The van der Waals surface area contributed by atoms with Crippen molar-refractivity contribution < 1.29 is 4.43 Å². The molecule has 0 amide bonds. The highest BCUT2D eigenvalue weighted by atomic mass is 28.4. The highest BCUT2D eigenvalue weighted by Crippen LogP contribution is 2.31. The minimum atomic E-state index is -1.54. The Hall–Kier alpha value is 0.354. The standard InChI is InChI=1S/C16H39NOSi2/c1-10-15(4)20(8,9)18-16(5)19(6,7)13-14(3)12-17-11-2/h14-17H,10-13H2,1-9H3. The molecule has 0 aliphatic heterocycles. The normalized spacial score (nSPS) is 17.9. The molecule has 0 fully saturated rings. The summed E-state index contributed by atoms with van der Waals surface area (Å²) in [6.45, 7) is 23.6. The maximum absolute atomic E-state index is 6.64. The second kappa shape index (κ2) is 8.71. The van der Waals surface area contributed by atoms with Gasteiger partial charge in [-0.3, -0.25) is 0 Å². The smallest absolute Gasteiger partial charge is 0.189 e. The molecule has 0 bridgehead atoms. The lowest BCUT2D eigenvalue weighted by Crippen LogP contribution is -2.50. The van der Waals surface area contributed by atoms with E-state index in [4.69, 9.17) is 4.43 Å². The van der Waals surface area contributed by atoms with Crippen molar-refractivity contribution in [2.24, 2.45) is 5.92 Å². The van der Waals surface area contributed by atoms with E-state index in [0.29, 0.717) is 5.73 Å². The van der Waals surface area contributed by atoms with Crippen LogP contribution in [0.1, 0.15) is 41.0 Å². The molecule has 0 saturated heterocycles. The molecule has 0 spiro atoms. The largest absolute Gasteiger partial charge is 0.418 e. The predicted molar refractivity (Wildman–Crippen MR) is 97.7 cm³/mol. The van der Waals surface area contributed by atoms with Crippen LogP contribution < -0.4 is 5.32 Å². The zero-order chi connectivity index (χ0) is 16.0. The van der Waals surface area contributed by atoms with E-state index in [2.05, 4.69) is 66.1 Å². The highest BCUT2D eigenvalue weighted by Gasteiger charge is 2.37. The van der Waals surface area contributed by atoms with Gasteiger partial charge in [-0.1, -0.05) is 53.3 Å². The van der Waals surface area contributed by atoms with Gasteiger partial charge in [0.05, 0.1) is 8.07 Å². The van der Waals surface area contributed by atoms with Crippen LogP contribution in [0.3, 0.4) is 0 Å². The molecule has 0 radical (unpaired) electrons. The van der Waals surface area contributed by atoms with Crippen molar-refractivity contribution in [2.45, 2.75) is 84.5 Å². The fourth-order valence-corrected chi connectivity index (χ4v) is 9.34. The lowest BCUT2D eigenvalue weighted by molar-refractivity contribution is 0.268. The molecule has 0 aromatic heterocycles. The molecule has 3 atom stereocenters. The Kier molecular flexibility index (Phi) is 8.87. The average molecular weight is 318 g/mol. The van der Waals surface area contributed by atoms with Crippen LogP contribution in [0.25, 0.3) is 0 Å². The van der Waals surface area contributed by atoms with E-state index in [1.807, 2.05) is 0 Å². The first-order chi connectivity index (χ1) is 9.06. The SMILES string of the molecule is CCNCC(C)C[Si](C)(C)C(C)O[Si](C)(C)C(C)CC.